The number of anilines is 2. The highest BCUT2D eigenvalue weighted by molar-refractivity contribution is 5.60. The van der Waals surface area contributed by atoms with E-state index in [0.717, 1.165) is 16.9 Å². The number of nitrogen functional groups attached to an aromatic ring is 2. The van der Waals surface area contributed by atoms with Crippen molar-refractivity contribution in [3.05, 3.63) is 95.6 Å². The summed E-state index contributed by atoms with van der Waals surface area (Å²) < 4.78 is 0. The summed E-state index contributed by atoms with van der Waals surface area (Å²) in [7, 11) is 0. The van der Waals surface area contributed by atoms with Crippen LogP contribution in [-0.2, 0) is 0 Å². The number of hydrogen-bond donors (Lipinski definition) is 2. The zero-order valence-corrected chi connectivity index (χ0v) is 14.2. The second-order valence-corrected chi connectivity index (χ2v) is 5.37. The summed E-state index contributed by atoms with van der Waals surface area (Å²) in [5.41, 5.74) is 16.2. The van der Waals surface area contributed by atoms with Crippen LogP contribution in [0.5, 0.6) is 0 Å². The normalized spacial score (nSPS) is 9.00. The van der Waals surface area contributed by atoms with Crippen molar-refractivity contribution in [2.45, 2.75) is 20.8 Å². The predicted molar refractivity (Wildman–Crippen MR) is 102 cm³/mol. The Hall–Kier alpha value is -2.74. The monoisotopic (exact) mass is 306 g/mol. The Morgan fingerprint density at radius 2 is 0.870 bits per heavy atom. The van der Waals surface area contributed by atoms with Gasteiger partial charge in [-0.3, -0.25) is 0 Å². The molecule has 0 fully saturated rings. The van der Waals surface area contributed by atoms with Crippen LogP contribution in [0.1, 0.15) is 16.7 Å². The third-order valence-corrected chi connectivity index (χ3v) is 3.26. The first-order valence-corrected chi connectivity index (χ1v) is 7.64. The van der Waals surface area contributed by atoms with E-state index in [2.05, 4.69) is 38.1 Å². The molecule has 23 heavy (non-hydrogen) atoms. The molecule has 0 aliphatic rings. The fourth-order valence-corrected chi connectivity index (χ4v) is 1.86. The van der Waals surface area contributed by atoms with Crippen molar-refractivity contribution < 1.29 is 0 Å². The number of aryl methyl sites for hydroxylation is 2. The maximum Gasteiger partial charge on any atom is 0.0364 e. The average molecular weight is 306 g/mol. The summed E-state index contributed by atoms with van der Waals surface area (Å²) in [6, 6.07) is 26.0. The maximum atomic E-state index is 5.54. The van der Waals surface area contributed by atoms with E-state index in [1.807, 2.05) is 61.5 Å². The molecule has 0 amide bonds. The van der Waals surface area contributed by atoms with Gasteiger partial charge in [0.15, 0.2) is 0 Å². The van der Waals surface area contributed by atoms with Crippen LogP contribution in [0.4, 0.5) is 11.4 Å². The van der Waals surface area contributed by atoms with Crippen LogP contribution in [-0.4, -0.2) is 0 Å². The van der Waals surface area contributed by atoms with Crippen molar-refractivity contribution in [1.29, 1.82) is 0 Å². The number of benzene rings is 3. The van der Waals surface area contributed by atoms with Gasteiger partial charge in [-0.15, -0.1) is 0 Å². The second kappa shape index (κ2) is 10.1. The van der Waals surface area contributed by atoms with Crippen molar-refractivity contribution in [3.8, 4) is 0 Å². The molecule has 0 saturated carbocycles. The lowest BCUT2D eigenvalue weighted by Crippen LogP contribution is -1.94. The highest BCUT2D eigenvalue weighted by atomic mass is 14.6. The first-order valence-electron chi connectivity index (χ1n) is 7.64. The van der Waals surface area contributed by atoms with E-state index < -0.39 is 0 Å². The van der Waals surface area contributed by atoms with E-state index in [0.29, 0.717) is 0 Å². The molecule has 0 unspecified atom stereocenters. The number of nitrogens with two attached hydrogens (primary N) is 2. The first kappa shape index (κ1) is 18.3. The van der Waals surface area contributed by atoms with E-state index in [9.17, 15) is 0 Å². The SMILES string of the molecule is Cc1c(N)cccc1N.Cc1cccc(C)c1.c1ccccc1. The molecule has 3 aromatic carbocycles. The van der Waals surface area contributed by atoms with Gasteiger partial charge in [0.25, 0.3) is 0 Å². The Morgan fingerprint density at radius 3 is 1.13 bits per heavy atom. The fraction of sp³-hybridized carbons (Fsp3) is 0.143. The van der Waals surface area contributed by atoms with Crippen molar-refractivity contribution in [3.63, 3.8) is 0 Å². The Labute approximate surface area is 139 Å². The third kappa shape index (κ3) is 7.72. The molecule has 120 valence electrons. The molecule has 0 heterocycles. The van der Waals surface area contributed by atoms with Crippen LogP contribution >= 0.6 is 0 Å². The van der Waals surface area contributed by atoms with E-state index >= 15 is 0 Å². The molecule has 2 heteroatoms. The van der Waals surface area contributed by atoms with E-state index in [-0.39, 0.29) is 0 Å². The molecule has 0 radical (unpaired) electrons. The molecule has 3 aromatic rings. The third-order valence-electron chi connectivity index (χ3n) is 3.26. The molecule has 0 aromatic heterocycles. The van der Waals surface area contributed by atoms with Gasteiger partial charge < -0.3 is 11.5 Å². The van der Waals surface area contributed by atoms with Crippen LogP contribution < -0.4 is 11.5 Å². The molecule has 2 nitrogen and oxygen atoms in total. The lowest BCUT2D eigenvalue weighted by Gasteiger charge is -2.00. The van der Waals surface area contributed by atoms with Crippen LogP contribution in [0.15, 0.2) is 78.9 Å². The highest BCUT2D eigenvalue weighted by Gasteiger charge is 1.93. The van der Waals surface area contributed by atoms with Crippen molar-refractivity contribution in [1.82, 2.24) is 0 Å². The van der Waals surface area contributed by atoms with Crippen LogP contribution in [0.2, 0.25) is 0 Å². The molecule has 0 saturated heterocycles. The first-order chi connectivity index (χ1) is 11.0. The summed E-state index contributed by atoms with van der Waals surface area (Å²) >= 11 is 0. The Balaban J connectivity index is 0.000000176. The topological polar surface area (TPSA) is 52.0 Å². The largest absolute Gasteiger partial charge is 0.398 e. The molecular formula is C21H26N2. The smallest absolute Gasteiger partial charge is 0.0364 e. The second-order valence-electron chi connectivity index (χ2n) is 5.37. The summed E-state index contributed by atoms with van der Waals surface area (Å²) in [6.45, 7) is 6.12. The lowest BCUT2D eigenvalue weighted by molar-refractivity contribution is 1.39. The van der Waals surface area contributed by atoms with Gasteiger partial charge in [0.2, 0.25) is 0 Å². The van der Waals surface area contributed by atoms with Gasteiger partial charge in [0.1, 0.15) is 0 Å². The van der Waals surface area contributed by atoms with Gasteiger partial charge in [0, 0.05) is 11.4 Å². The fourth-order valence-electron chi connectivity index (χ4n) is 1.86. The van der Waals surface area contributed by atoms with Crippen molar-refractivity contribution in [2.75, 3.05) is 11.5 Å². The molecule has 0 spiro atoms. The minimum absolute atomic E-state index is 0.759. The number of hydrogen-bond acceptors (Lipinski definition) is 2. The molecule has 0 atom stereocenters. The molecular weight excluding hydrogens is 280 g/mol. The zero-order valence-electron chi connectivity index (χ0n) is 14.2. The van der Waals surface area contributed by atoms with Crippen LogP contribution in [0, 0.1) is 20.8 Å². The van der Waals surface area contributed by atoms with Crippen LogP contribution in [0.25, 0.3) is 0 Å². The molecule has 0 aliphatic heterocycles. The Morgan fingerprint density at radius 1 is 0.522 bits per heavy atom. The standard InChI is InChI=1S/C8H10.C7H10N2.C6H6/c1-7-4-3-5-8(2)6-7;1-5-6(8)3-2-4-7(5)9;1-2-4-6-5-3-1/h3-6H,1-2H3;2-4H,8-9H2,1H3;1-6H. The van der Waals surface area contributed by atoms with Gasteiger partial charge in [0.05, 0.1) is 0 Å². The lowest BCUT2D eigenvalue weighted by atomic mass is 10.2. The molecule has 3 rings (SSSR count). The quantitative estimate of drug-likeness (QED) is 0.564. The van der Waals surface area contributed by atoms with Crippen molar-refractivity contribution in [2.24, 2.45) is 0 Å². The van der Waals surface area contributed by atoms with Crippen LogP contribution in [0.3, 0.4) is 0 Å². The average Bonchev–Trinajstić information content (AvgIpc) is 2.55. The van der Waals surface area contributed by atoms with Gasteiger partial charge in [-0.1, -0.05) is 77.9 Å². The van der Waals surface area contributed by atoms with Crippen molar-refractivity contribution >= 4 is 11.4 Å². The summed E-state index contributed by atoms with van der Waals surface area (Å²) in [6.07, 6.45) is 0. The zero-order chi connectivity index (χ0) is 17.1. The van der Waals surface area contributed by atoms with Gasteiger partial charge in [-0.05, 0) is 38.5 Å². The minimum Gasteiger partial charge on any atom is -0.398 e. The summed E-state index contributed by atoms with van der Waals surface area (Å²) in [5, 5.41) is 0. The predicted octanol–water partition coefficient (Wildman–Crippen LogP) is 5.15. The van der Waals surface area contributed by atoms with Gasteiger partial charge in [-0.25, -0.2) is 0 Å². The molecule has 4 N–H and O–H groups in total. The molecule has 0 aliphatic carbocycles. The van der Waals surface area contributed by atoms with Gasteiger partial charge in [-0.2, -0.15) is 0 Å². The number of rotatable bonds is 0. The Kier molecular flexibility index (Phi) is 8.01. The highest BCUT2D eigenvalue weighted by Crippen LogP contribution is 2.16. The van der Waals surface area contributed by atoms with E-state index in [1.54, 1.807) is 0 Å². The van der Waals surface area contributed by atoms with Gasteiger partial charge >= 0.3 is 0 Å². The Bertz CT molecular complexity index is 627. The van der Waals surface area contributed by atoms with E-state index in [1.165, 1.54) is 11.1 Å². The summed E-state index contributed by atoms with van der Waals surface area (Å²) in [4.78, 5) is 0. The summed E-state index contributed by atoms with van der Waals surface area (Å²) in [5.74, 6) is 0. The maximum absolute atomic E-state index is 5.54. The van der Waals surface area contributed by atoms with E-state index in [4.69, 9.17) is 11.5 Å². The minimum atomic E-state index is 0.759. The molecule has 0 bridgehead atoms.